The average molecular weight is 243 g/mol. The van der Waals surface area contributed by atoms with Gasteiger partial charge in [-0.1, -0.05) is 37.3 Å². The summed E-state index contributed by atoms with van der Waals surface area (Å²) in [4.78, 5) is 2.22. The topological polar surface area (TPSA) is 23.5 Å². The average Bonchev–Trinajstić information content (AvgIpc) is 2.44. The summed E-state index contributed by atoms with van der Waals surface area (Å²) in [5.74, 6) is 0.349. The van der Waals surface area contributed by atoms with Crippen molar-refractivity contribution in [2.75, 3.05) is 25.1 Å². The fraction of sp³-hybridized carbons (Fsp3) is 0.375. The largest absolute Gasteiger partial charge is 0.396 e. The lowest BCUT2D eigenvalue weighted by Crippen LogP contribution is -2.27. The minimum Gasteiger partial charge on any atom is -0.396 e. The highest BCUT2D eigenvalue weighted by atomic mass is 16.3. The first kappa shape index (κ1) is 12.9. The predicted octanol–water partition coefficient (Wildman–Crippen LogP) is 3.29. The minimum absolute atomic E-state index is 0.258. The summed E-state index contributed by atoms with van der Waals surface area (Å²) >= 11 is 0. The second kappa shape index (κ2) is 5.87. The van der Waals surface area contributed by atoms with Crippen LogP contribution in [0.3, 0.4) is 0 Å². The monoisotopic (exact) mass is 243 g/mol. The maximum Gasteiger partial charge on any atom is 0.0476 e. The van der Waals surface area contributed by atoms with Crippen molar-refractivity contribution in [3.8, 4) is 0 Å². The number of aliphatic hydroxyl groups is 1. The summed E-state index contributed by atoms with van der Waals surface area (Å²) in [6, 6.07) is 14.9. The van der Waals surface area contributed by atoms with Gasteiger partial charge in [0.2, 0.25) is 0 Å². The normalized spacial score (nSPS) is 12.6. The van der Waals surface area contributed by atoms with Gasteiger partial charge in [-0.3, -0.25) is 0 Å². The van der Waals surface area contributed by atoms with E-state index < -0.39 is 0 Å². The lowest BCUT2D eigenvalue weighted by molar-refractivity contribution is 0.225. The van der Waals surface area contributed by atoms with Crippen LogP contribution >= 0.6 is 0 Å². The van der Waals surface area contributed by atoms with Gasteiger partial charge in [0.1, 0.15) is 0 Å². The number of hydrogen-bond acceptors (Lipinski definition) is 2. The number of fused-ring (bicyclic) bond motifs is 1. The molecular weight excluding hydrogens is 222 g/mol. The second-order valence-corrected chi connectivity index (χ2v) is 4.87. The molecule has 0 radical (unpaired) electrons. The van der Waals surface area contributed by atoms with E-state index in [9.17, 15) is 5.11 Å². The lowest BCUT2D eigenvalue weighted by Gasteiger charge is -2.24. The molecule has 0 aliphatic heterocycles. The van der Waals surface area contributed by atoms with Gasteiger partial charge in [-0.15, -0.1) is 0 Å². The molecule has 0 aliphatic carbocycles. The van der Waals surface area contributed by atoms with Gasteiger partial charge in [-0.2, -0.15) is 0 Å². The van der Waals surface area contributed by atoms with Crippen molar-refractivity contribution >= 4 is 16.5 Å². The zero-order valence-electron chi connectivity index (χ0n) is 11.1. The van der Waals surface area contributed by atoms with Crippen molar-refractivity contribution < 1.29 is 5.11 Å². The molecule has 2 nitrogen and oxygen atoms in total. The second-order valence-electron chi connectivity index (χ2n) is 4.87. The highest BCUT2D eigenvalue weighted by molar-refractivity contribution is 5.85. The number of benzene rings is 2. The Morgan fingerprint density at radius 2 is 1.83 bits per heavy atom. The van der Waals surface area contributed by atoms with E-state index in [0.717, 1.165) is 13.0 Å². The van der Waals surface area contributed by atoms with E-state index in [1.54, 1.807) is 0 Å². The van der Waals surface area contributed by atoms with E-state index >= 15 is 0 Å². The number of hydrogen-bond donors (Lipinski definition) is 1. The van der Waals surface area contributed by atoms with E-state index in [0.29, 0.717) is 5.92 Å². The maximum absolute atomic E-state index is 9.27. The lowest BCUT2D eigenvalue weighted by atomic mass is 10.1. The van der Waals surface area contributed by atoms with E-state index in [4.69, 9.17) is 0 Å². The van der Waals surface area contributed by atoms with Crippen molar-refractivity contribution in [3.05, 3.63) is 42.5 Å². The molecule has 1 N–H and O–H groups in total. The Hall–Kier alpha value is -1.54. The van der Waals surface area contributed by atoms with Gasteiger partial charge in [0, 0.05) is 25.9 Å². The first-order valence-corrected chi connectivity index (χ1v) is 6.55. The molecule has 2 aromatic rings. The standard InChI is InChI=1S/C16H21NO/c1-3-13(12-18)11-17(2)16-9-8-14-6-4-5-7-15(14)10-16/h4-10,13,18H,3,11-12H2,1-2H3. The molecule has 18 heavy (non-hydrogen) atoms. The number of nitrogens with zero attached hydrogens (tertiary/aromatic N) is 1. The molecule has 0 spiro atoms. The minimum atomic E-state index is 0.258. The van der Waals surface area contributed by atoms with Crippen LogP contribution in [0.4, 0.5) is 5.69 Å². The first-order chi connectivity index (χ1) is 8.74. The van der Waals surface area contributed by atoms with Gasteiger partial charge in [0.05, 0.1) is 0 Å². The fourth-order valence-corrected chi connectivity index (χ4v) is 2.22. The zero-order valence-corrected chi connectivity index (χ0v) is 11.1. The third-order valence-electron chi connectivity index (χ3n) is 3.54. The van der Waals surface area contributed by atoms with Gasteiger partial charge in [0.25, 0.3) is 0 Å². The smallest absolute Gasteiger partial charge is 0.0476 e. The summed E-state index contributed by atoms with van der Waals surface area (Å²) in [7, 11) is 2.09. The molecule has 0 aliphatic rings. The Kier molecular flexibility index (Phi) is 4.21. The van der Waals surface area contributed by atoms with Crippen LogP contribution in [0.5, 0.6) is 0 Å². The third kappa shape index (κ3) is 2.82. The van der Waals surface area contributed by atoms with Gasteiger partial charge in [0.15, 0.2) is 0 Å². The molecule has 0 aromatic heterocycles. The van der Waals surface area contributed by atoms with Gasteiger partial charge in [-0.25, -0.2) is 0 Å². The van der Waals surface area contributed by atoms with Crippen LogP contribution in [0.1, 0.15) is 13.3 Å². The molecule has 2 heteroatoms. The Labute approximate surface area is 109 Å². The molecule has 1 unspecified atom stereocenters. The van der Waals surface area contributed by atoms with E-state index in [-0.39, 0.29) is 6.61 Å². The van der Waals surface area contributed by atoms with Crippen molar-refractivity contribution in [2.45, 2.75) is 13.3 Å². The van der Waals surface area contributed by atoms with Crippen LogP contribution in [-0.4, -0.2) is 25.3 Å². The molecule has 0 heterocycles. The maximum atomic E-state index is 9.27. The van der Waals surface area contributed by atoms with Crippen LogP contribution in [0.15, 0.2) is 42.5 Å². The molecule has 2 aromatic carbocycles. The third-order valence-corrected chi connectivity index (χ3v) is 3.54. The Balaban J connectivity index is 2.19. The predicted molar refractivity (Wildman–Crippen MR) is 78.1 cm³/mol. The first-order valence-electron chi connectivity index (χ1n) is 6.55. The number of rotatable bonds is 5. The van der Waals surface area contributed by atoms with Gasteiger partial charge in [-0.05, 0) is 35.2 Å². The molecule has 0 saturated heterocycles. The summed E-state index contributed by atoms with van der Waals surface area (Å²) in [6.45, 7) is 3.27. The quantitative estimate of drug-likeness (QED) is 0.871. The Morgan fingerprint density at radius 3 is 2.50 bits per heavy atom. The van der Waals surface area contributed by atoms with Crippen molar-refractivity contribution in [1.82, 2.24) is 0 Å². The highest BCUT2D eigenvalue weighted by Gasteiger charge is 2.09. The van der Waals surface area contributed by atoms with Crippen LogP contribution < -0.4 is 4.90 Å². The summed E-state index contributed by atoms with van der Waals surface area (Å²) in [6.07, 6.45) is 1.01. The molecule has 96 valence electrons. The van der Waals surface area contributed by atoms with Crippen LogP contribution in [0.2, 0.25) is 0 Å². The molecular formula is C16H21NO. The number of aliphatic hydroxyl groups excluding tert-OH is 1. The van der Waals surface area contributed by atoms with E-state index in [1.165, 1.54) is 16.5 Å². The summed E-state index contributed by atoms with van der Waals surface area (Å²) in [5.41, 5.74) is 1.21. The van der Waals surface area contributed by atoms with Gasteiger partial charge >= 0.3 is 0 Å². The van der Waals surface area contributed by atoms with Gasteiger partial charge < -0.3 is 10.0 Å². The fourth-order valence-electron chi connectivity index (χ4n) is 2.22. The SMILES string of the molecule is CCC(CO)CN(C)c1ccc2ccccc2c1. The molecule has 1 atom stereocenters. The Bertz CT molecular complexity index is 505. The number of anilines is 1. The zero-order chi connectivity index (χ0) is 13.0. The molecule has 0 saturated carbocycles. The van der Waals surface area contributed by atoms with E-state index in [2.05, 4.69) is 61.3 Å². The van der Waals surface area contributed by atoms with Crippen LogP contribution in [0.25, 0.3) is 10.8 Å². The van der Waals surface area contributed by atoms with Crippen molar-refractivity contribution in [3.63, 3.8) is 0 Å². The van der Waals surface area contributed by atoms with Crippen molar-refractivity contribution in [2.24, 2.45) is 5.92 Å². The highest BCUT2D eigenvalue weighted by Crippen LogP contribution is 2.22. The summed E-state index contributed by atoms with van der Waals surface area (Å²) < 4.78 is 0. The van der Waals surface area contributed by atoms with Crippen molar-refractivity contribution in [1.29, 1.82) is 0 Å². The van der Waals surface area contributed by atoms with E-state index in [1.807, 2.05) is 0 Å². The Morgan fingerprint density at radius 1 is 1.11 bits per heavy atom. The van der Waals surface area contributed by atoms with Crippen LogP contribution in [-0.2, 0) is 0 Å². The molecule has 0 bridgehead atoms. The summed E-state index contributed by atoms with van der Waals surface area (Å²) in [5, 5.41) is 11.8. The molecule has 2 rings (SSSR count). The van der Waals surface area contributed by atoms with Crippen LogP contribution in [0, 0.1) is 5.92 Å². The molecule has 0 fully saturated rings. The molecule has 0 amide bonds.